The van der Waals surface area contributed by atoms with Crippen molar-refractivity contribution in [1.82, 2.24) is 0 Å². The third-order valence-corrected chi connectivity index (χ3v) is 2.53. The number of halogens is 1. The number of ether oxygens (including phenoxy) is 1. The lowest BCUT2D eigenvalue weighted by molar-refractivity contribution is 0.0613. The van der Waals surface area contributed by atoms with Crippen molar-refractivity contribution in [3.05, 3.63) is 0 Å². The highest BCUT2D eigenvalue weighted by molar-refractivity contribution is 6.61. The molecule has 0 spiro atoms. The summed E-state index contributed by atoms with van der Waals surface area (Å²) in [6.45, 7) is 0. The number of carbonyl (C=O) groups is 1. The largest absolute Gasteiger partial charge is 0.434 e. The van der Waals surface area contributed by atoms with Crippen molar-refractivity contribution >= 4 is 17.0 Å². The van der Waals surface area contributed by atoms with Crippen LogP contribution in [-0.4, -0.2) is 11.0 Å². The lowest BCUT2D eigenvalue weighted by Gasteiger charge is -2.25. The second kappa shape index (κ2) is 4.53. The van der Waals surface area contributed by atoms with Crippen LogP contribution in [0.5, 0.6) is 0 Å². The maximum atomic E-state index is 10.6. The molecular weight excluding hydrogens is 188 g/mol. The average Bonchev–Trinajstić information content (AvgIpc) is 2.30. The molecule has 0 aromatic heterocycles. The minimum absolute atomic E-state index is 0.727. The zero-order valence-electron chi connectivity index (χ0n) is 7.51. The van der Waals surface area contributed by atoms with Gasteiger partial charge in [0, 0.05) is 11.6 Å². The van der Waals surface area contributed by atoms with Gasteiger partial charge < -0.3 is 4.74 Å². The molecule has 1 fully saturated rings. The fourth-order valence-electron chi connectivity index (χ4n) is 1.73. The first-order valence-electron chi connectivity index (χ1n) is 4.55. The van der Waals surface area contributed by atoms with Gasteiger partial charge in [0.1, 0.15) is 0 Å². The third-order valence-electron chi connectivity index (χ3n) is 2.45. The fraction of sp³-hybridized carbons (Fsp3) is 0.700. The molecular formula is C10H13ClO2. The summed E-state index contributed by atoms with van der Waals surface area (Å²) in [6.07, 6.45) is 11.2. The van der Waals surface area contributed by atoms with Crippen LogP contribution in [0.3, 0.4) is 0 Å². The summed E-state index contributed by atoms with van der Waals surface area (Å²) in [5, 5.41) is 0. The van der Waals surface area contributed by atoms with Crippen LogP contribution in [0.4, 0.5) is 4.79 Å². The summed E-state index contributed by atoms with van der Waals surface area (Å²) in [4.78, 5) is 10.6. The van der Waals surface area contributed by atoms with Crippen molar-refractivity contribution in [2.45, 2.75) is 44.1 Å². The van der Waals surface area contributed by atoms with E-state index in [0.29, 0.717) is 0 Å². The van der Waals surface area contributed by atoms with Gasteiger partial charge in [0.05, 0.1) is 0 Å². The molecule has 0 bridgehead atoms. The summed E-state index contributed by atoms with van der Waals surface area (Å²) in [7, 11) is 0. The highest BCUT2D eigenvalue weighted by Gasteiger charge is 2.32. The normalized spacial score (nSPS) is 21.2. The van der Waals surface area contributed by atoms with Gasteiger partial charge in [-0.3, -0.25) is 0 Å². The van der Waals surface area contributed by atoms with Gasteiger partial charge in [-0.1, -0.05) is 18.8 Å². The van der Waals surface area contributed by atoms with Crippen molar-refractivity contribution < 1.29 is 9.53 Å². The van der Waals surface area contributed by atoms with Crippen LogP contribution < -0.4 is 0 Å². The van der Waals surface area contributed by atoms with E-state index in [2.05, 4.69) is 5.92 Å². The van der Waals surface area contributed by atoms with Gasteiger partial charge in [-0.05, 0) is 25.7 Å². The van der Waals surface area contributed by atoms with E-state index in [4.69, 9.17) is 22.8 Å². The molecule has 3 heteroatoms. The average molecular weight is 201 g/mol. The molecule has 0 unspecified atom stereocenters. The zero-order chi connectivity index (χ0) is 9.73. The highest BCUT2D eigenvalue weighted by atomic mass is 35.5. The zero-order valence-corrected chi connectivity index (χ0v) is 8.27. The Kier molecular flexibility index (Phi) is 3.62. The van der Waals surface area contributed by atoms with Gasteiger partial charge in [0.2, 0.25) is 0 Å². The molecule has 13 heavy (non-hydrogen) atoms. The smallest absolute Gasteiger partial charge is 0.405 e. The van der Waals surface area contributed by atoms with E-state index in [9.17, 15) is 4.79 Å². The second-order valence-corrected chi connectivity index (χ2v) is 3.70. The van der Waals surface area contributed by atoms with Crippen LogP contribution in [0.15, 0.2) is 0 Å². The van der Waals surface area contributed by atoms with E-state index in [1.54, 1.807) is 0 Å². The summed E-state index contributed by atoms with van der Waals surface area (Å²) in [6, 6.07) is 0. The fourth-order valence-corrected chi connectivity index (χ4v) is 1.88. The Morgan fingerprint density at radius 2 is 1.85 bits per heavy atom. The highest BCUT2D eigenvalue weighted by Crippen LogP contribution is 2.30. The van der Waals surface area contributed by atoms with Crippen molar-refractivity contribution in [1.29, 1.82) is 0 Å². The van der Waals surface area contributed by atoms with E-state index in [0.717, 1.165) is 38.5 Å². The van der Waals surface area contributed by atoms with Gasteiger partial charge in [0.25, 0.3) is 0 Å². The molecule has 0 aromatic rings. The molecule has 0 heterocycles. The van der Waals surface area contributed by atoms with Crippen molar-refractivity contribution in [2.24, 2.45) is 0 Å². The van der Waals surface area contributed by atoms with Gasteiger partial charge >= 0.3 is 5.43 Å². The van der Waals surface area contributed by atoms with Crippen molar-refractivity contribution in [3.63, 3.8) is 0 Å². The molecule has 1 rings (SSSR count). The minimum Gasteiger partial charge on any atom is -0.434 e. The quantitative estimate of drug-likeness (QED) is 0.369. The van der Waals surface area contributed by atoms with Crippen LogP contribution in [-0.2, 0) is 4.74 Å². The lowest BCUT2D eigenvalue weighted by atomic mass is 9.95. The molecule has 1 aliphatic carbocycles. The van der Waals surface area contributed by atoms with E-state index in [1.807, 2.05) is 0 Å². The van der Waals surface area contributed by atoms with Crippen LogP contribution in [0.1, 0.15) is 38.5 Å². The van der Waals surface area contributed by atoms with Gasteiger partial charge in [-0.25, -0.2) is 4.79 Å². The predicted octanol–water partition coefficient (Wildman–Crippen LogP) is 3.09. The third kappa shape index (κ3) is 2.93. The minimum atomic E-state index is -0.792. The number of hydrogen-bond donors (Lipinski definition) is 0. The van der Waals surface area contributed by atoms with Crippen molar-refractivity contribution in [3.8, 4) is 12.3 Å². The summed E-state index contributed by atoms with van der Waals surface area (Å²) >= 11 is 5.18. The molecule has 0 saturated heterocycles. The Hall–Kier alpha value is -0.680. The van der Waals surface area contributed by atoms with Gasteiger partial charge in [-0.2, -0.15) is 0 Å². The van der Waals surface area contributed by atoms with Crippen LogP contribution in [0.25, 0.3) is 0 Å². The first kappa shape index (κ1) is 10.4. The predicted molar refractivity (Wildman–Crippen MR) is 51.6 cm³/mol. The Labute approximate surface area is 83.6 Å². The van der Waals surface area contributed by atoms with Crippen LogP contribution >= 0.6 is 11.6 Å². The monoisotopic (exact) mass is 200 g/mol. The molecule has 72 valence electrons. The molecule has 2 nitrogen and oxygen atoms in total. The second-order valence-electron chi connectivity index (χ2n) is 3.39. The first-order valence-corrected chi connectivity index (χ1v) is 4.93. The molecule has 0 amide bonds. The van der Waals surface area contributed by atoms with Gasteiger partial charge in [0.15, 0.2) is 5.60 Å². The molecule has 1 aliphatic rings. The summed E-state index contributed by atoms with van der Waals surface area (Å²) in [5.41, 5.74) is -1.52. The Morgan fingerprint density at radius 3 is 2.23 bits per heavy atom. The standard InChI is InChI=1S/C10H13ClO2/c1-2-10(13-9(11)12)7-5-3-4-6-8-10/h1H,3-8H2. The van der Waals surface area contributed by atoms with E-state index >= 15 is 0 Å². The molecule has 0 radical (unpaired) electrons. The number of rotatable bonds is 1. The number of carbonyl (C=O) groups excluding carboxylic acids is 1. The van der Waals surface area contributed by atoms with E-state index < -0.39 is 11.0 Å². The molecule has 0 atom stereocenters. The molecule has 0 aromatic carbocycles. The molecule has 0 aliphatic heterocycles. The van der Waals surface area contributed by atoms with Gasteiger partial charge in [-0.15, -0.1) is 6.42 Å². The maximum absolute atomic E-state index is 10.6. The Morgan fingerprint density at radius 1 is 1.31 bits per heavy atom. The topological polar surface area (TPSA) is 26.3 Å². The van der Waals surface area contributed by atoms with E-state index in [-0.39, 0.29) is 0 Å². The van der Waals surface area contributed by atoms with Crippen molar-refractivity contribution in [2.75, 3.05) is 0 Å². The maximum Gasteiger partial charge on any atom is 0.405 e. The molecule has 0 N–H and O–H groups in total. The van der Waals surface area contributed by atoms with Crippen LogP contribution in [0.2, 0.25) is 0 Å². The Bertz CT molecular complexity index is 222. The molecule has 1 saturated carbocycles. The number of terminal acetylenes is 1. The number of hydrogen-bond acceptors (Lipinski definition) is 2. The lowest BCUT2D eigenvalue weighted by Crippen LogP contribution is -2.31. The summed E-state index contributed by atoms with van der Waals surface area (Å²) in [5.74, 6) is 2.56. The van der Waals surface area contributed by atoms with Crippen LogP contribution in [0, 0.1) is 12.3 Å². The Balaban J connectivity index is 2.66. The van der Waals surface area contributed by atoms with E-state index in [1.165, 1.54) is 0 Å². The summed E-state index contributed by atoms with van der Waals surface area (Å²) < 4.78 is 5.00. The first-order chi connectivity index (χ1) is 6.18. The SMILES string of the molecule is C#CC1(OC(=O)Cl)CCCCCC1.